The Balaban J connectivity index is 1.66. The average molecular weight is 360 g/mol. The summed E-state index contributed by atoms with van der Waals surface area (Å²) in [4.78, 5) is 18.2. The van der Waals surface area contributed by atoms with Crippen molar-refractivity contribution in [1.82, 2.24) is 9.88 Å². The number of aromatic nitrogens is 1. The van der Waals surface area contributed by atoms with Gasteiger partial charge in [0.1, 0.15) is 0 Å². The minimum atomic E-state index is -0.416. The van der Waals surface area contributed by atoms with Crippen molar-refractivity contribution >= 4 is 16.7 Å². The fourth-order valence-electron chi connectivity index (χ4n) is 3.72. The van der Waals surface area contributed by atoms with Crippen molar-refractivity contribution in [3.8, 4) is 11.1 Å². The number of pyridine rings is 1. The number of fused-ring (bicyclic) bond motifs is 1. The molecule has 0 aliphatic carbocycles. The number of carbonyl (C=O) groups is 1. The van der Waals surface area contributed by atoms with Crippen LogP contribution in [0.25, 0.3) is 21.9 Å². The van der Waals surface area contributed by atoms with Crippen LogP contribution in [0.3, 0.4) is 0 Å². The summed E-state index contributed by atoms with van der Waals surface area (Å²) in [6, 6.07) is 14.3. The molecule has 1 saturated heterocycles. The molecule has 4 N–H and O–H groups in total. The Bertz CT molecular complexity index is 960. The maximum atomic E-state index is 11.3. The van der Waals surface area contributed by atoms with Gasteiger partial charge >= 0.3 is 0 Å². The molecule has 1 aromatic heterocycles. The molecular weight excluding hydrogens is 336 g/mol. The fraction of sp³-hybridized carbons (Fsp3) is 0.273. The lowest BCUT2D eigenvalue weighted by molar-refractivity contribution is 0.100. The van der Waals surface area contributed by atoms with Crippen LogP contribution in [0.15, 0.2) is 54.9 Å². The van der Waals surface area contributed by atoms with Crippen LogP contribution in [-0.2, 0) is 6.54 Å². The molecule has 3 aromatic rings. The van der Waals surface area contributed by atoms with Gasteiger partial charge in [-0.25, -0.2) is 0 Å². The number of piperidine rings is 1. The molecule has 1 aliphatic heterocycles. The van der Waals surface area contributed by atoms with E-state index in [-0.39, 0.29) is 0 Å². The Kier molecular flexibility index (Phi) is 4.88. The molecule has 0 bridgehead atoms. The number of hydrogen-bond donors (Lipinski definition) is 2. The molecule has 0 saturated carbocycles. The monoisotopic (exact) mass is 360 g/mol. The van der Waals surface area contributed by atoms with Gasteiger partial charge in [0.25, 0.3) is 0 Å². The highest BCUT2D eigenvalue weighted by atomic mass is 16.1. The van der Waals surface area contributed by atoms with Gasteiger partial charge in [-0.15, -0.1) is 0 Å². The Morgan fingerprint density at radius 2 is 1.81 bits per heavy atom. The molecule has 5 nitrogen and oxygen atoms in total. The summed E-state index contributed by atoms with van der Waals surface area (Å²) >= 11 is 0. The van der Waals surface area contributed by atoms with Crippen molar-refractivity contribution in [2.24, 2.45) is 11.5 Å². The van der Waals surface area contributed by atoms with Crippen molar-refractivity contribution < 1.29 is 4.79 Å². The molecule has 1 fully saturated rings. The molecule has 1 amide bonds. The number of nitrogens with zero attached hydrogens (tertiary/aromatic N) is 2. The molecule has 27 heavy (non-hydrogen) atoms. The van der Waals surface area contributed by atoms with Gasteiger partial charge in [0.15, 0.2) is 0 Å². The van der Waals surface area contributed by atoms with Gasteiger partial charge in [0.05, 0.1) is 0 Å². The highest BCUT2D eigenvalue weighted by Gasteiger charge is 2.16. The van der Waals surface area contributed by atoms with E-state index in [2.05, 4.69) is 28.1 Å². The standard InChI is InChI=1S/C22H24N4O/c23-19-7-9-26(10-8-19)14-15-1-2-18-12-25-13-21(20(18)11-15)16-3-5-17(6-4-16)22(24)27/h1-6,11-13,19H,7-10,14,23H2,(H2,24,27). The second-order valence-electron chi connectivity index (χ2n) is 7.30. The molecule has 0 spiro atoms. The summed E-state index contributed by atoms with van der Waals surface area (Å²) in [7, 11) is 0. The summed E-state index contributed by atoms with van der Waals surface area (Å²) in [5.74, 6) is -0.416. The molecule has 0 atom stereocenters. The van der Waals surface area contributed by atoms with E-state index >= 15 is 0 Å². The zero-order valence-electron chi connectivity index (χ0n) is 15.3. The normalized spacial score (nSPS) is 15.9. The molecule has 5 heteroatoms. The maximum absolute atomic E-state index is 11.3. The maximum Gasteiger partial charge on any atom is 0.248 e. The molecule has 4 rings (SSSR count). The smallest absolute Gasteiger partial charge is 0.248 e. The third-order valence-corrected chi connectivity index (χ3v) is 5.34. The van der Waals surface area contributed by atoms with Crippen LogP contribution < -0.4 is 11.5 Å². The van der Waals surface area contributed by atoms with E-state index in [0.717, 1.165) is 49.0 Å². The first-order valence-electron chi connectivity index (χ1n) is 9.35. The van der Waals surface area contributed by atoms with Crippen molar-refractivity contribution in [3.63, 3.8) is 0 Å². The number of benzene rings is 2. The zero-order chi connectivity index (χ0) is 18.8. The van der Waals surface area contributed by atoms with Crippen LogP contribution >= 0.6 is 0 Å². The van der Waals surface area contributed by atoms with Crippen LogP contribution in [0.5, 0.6) is 0 Å². The SMILES string of the molecule is NC(=O)c1ccc(-c2cncc3ccc(CN4CCC(N)CC4)cc23)cc1. The van der Waals surface area contributed by atoms with E-state index < -0.39 is 5.91 Å². The first kappa shape index (κ1) is 17.6. The molecule has 2 aromatic carbocycles. The second kappa shape index (κ2) is 7.47. The minimum Gasteiger partial charge on any atom is -0.366 e. The van der Waals surface area contributed by atoms with Crippen molar-refractivity contribution in [3.05, 3.63) is 66.0 Å². The number of rotatable bonds is 4. The highest BCUT2D eigenvalue weighted by molar-refractivity contribution is 5.97. The van der Waals surface area contributed by atoms with Gasteiger partial charge in [-0.1, -0.05) is 24.3 Å². The van der Waals surface area contributed by atoms with E-state index in [4.69, 9.17) is 11.5 Å². The van der Waals surface area contributed by atoms with Gasteiger partial charge in [0.2, 0.25) is 5.91 Å². The summed E-state index contributed by atoms with van der Waals surface area (Å²) in [6.45, 7) is 3.04. The van der Waals surface area contributed by atoms with Gasteiger partial charge in [-0.05, 0) is 60.6 Å². The summed E-state index contributed by atoms with van der Waals surface area (Å²) in [6.07, 6.45) is 5.90. The lowest BCUT2D eigenvalue weighted by Gasteiger charge is -2.30. The summed E-state index contributed by atoms with van der Waals surface area (Å²) in [5, 5.41) is 2.28. The predicted octanol–water partition coefficient (Wildman–Crippen LogP) is 2.92. The zero-order valence-corrected chi connectivity index (χ0v) is 15.3. The Labute approximate surface area is 159 Å². The largest absolute Gasteiger partial charge is 0.366 e. The van der Waals surface area contributed by atoms with E-state index in [1.54, 1.807) is 12.1 Å². The molecule has 2 heterocycles. The quantitative estimate of drug-likeness (QED) is 0.749. The molecule has 138 valence electrons. The third kappa shape index (κ3) is 3.84. The van der Waals surface area contributed by atoms with Crippen molar-refractivity contribution in [1.29, 1.82) is 0 Å². The van der Waals surface area contributed by atoms with E-state index in [1.165, 1.54) is 10.9 Å². The second-order valence-corrected chi connectivity index (χ2v) is 7.30. The molecule has 1 aliphatic rings. The summed E-state index contributed by atoms with van der Waals surface area (Å²) in [5.41, 5.74) is 15.3. The fourth-order valence-corrected chi connectivity index (χ4v) is 3.72. The van der Waals surface area contributed by atoms with Crippen molar-refractivity contribution in [2.75, 3.05) is 13.1 Å². The van der Waals surface area contributed by atoms with Crippen LogP contribution in [0.2, 0.25) is 0 Å². The lowest BCUT2D eigenvalue weighted by atomic mass is 9.98. The number of hydrogen-bond acceptors (Lipinski definition) is 4. The van der Waals surface area contributed by atoms with E-state index in [9.17, 15) is 4.79 Å². The van der Waals surface area contributed by atoms with Gasteiger partial charge < -0.3 is 11.5 Å². The highest BCUT2D eigenvalue weighted by Crippen LogP contribution is 2.29. The van der Waals surface area contributed by atoms with Crippen LogP contribution in [0.1, 0.15) is 28.8 Å². The topological polar surface area (TPSA) is 85.2 Å². The molecule has 0 unspecified atom stereocenters. The Morgan fingerprint density at radius 1 is 1.07 bits per heavy atom. The first-order chi connectivity index (χ1) is 13.1. The third-order valence-electron chi connectivity index (χ3n) is 5.34. The van der Waals surface area contributed by atoms with Gasteiger partial charge in [0, 0.05) is 41.5 Å². The van der Waals surface area contributed by atoms with Crippen LogP contribution in [0.4, 0.5) is 0 Å². The minimum absolute atomic E-state index is 0.346. The van der Waals surface area contributed by atoms with Crippen LogP contribution in [-0.4, -0.2) is 34.9 Å². The van der Waals surface area contributed by atoms with E-state index in [0.29, 0.717) is 11.6 Å². The number of carbonyl (C=O) groups excluding carboxylic acids is 1. The Morgan fingerprint density at radius 3 is 2.52 bits per heavy atom. The van der Waals surface area contributed by atoms with Gasteiger partial charge in [-0.3, -0.25) is 14.7 Å². The Hall–Kier alpha value is -2.76. The first-order valence-corrected chi connectivity index (χ1v) is 9.35. The lowest BCUT2D eigenvalue weighted by Crippen LogP contribution is -2.39. The number of primary amides is 1. The van der Waals surface area contributed by atoms with E-state index in [1.807, 2.05) is 24.5 Å². The number of amides is 1. The molecule has 0 radical (unpaired) electrons. The predicted molar refractivity (Wildman–Crippen MR) is 108 cm³/mol. The number of likely N-dealkylation sites (tertiary alicyclic amines) is 1. The van der Waals surface area contributed by atoms with Gasteiger partial charge in [-0.2, -0.15) is 0 Å². The van der Waals surface area contributed by atoms with Crippen molar-refractivity contribution in [2.45, 2.75) is 25.4 Å². The number of nitrogens with two attached hydrogens (primary N) is 2. The average Bonchev–Trinajstić information content (AvgIpc) is 2.69. The van der Waals surface area contributed by atoms with Crippen LogP contribution in [0, 0.1) is 0 Å². The summed E-state index contributed by atoms with van der Waals surface area (Å²) < 4.78 is 0. The molecular formula is C22H24N4O.